The average Bonchev–Trinajstić information content (AvgIpc) is 2.73. The number of benzene rings is 1. The van der Waals surface area contributed by atoms with Crippen molar-refractivity contribution >= 4 is 29.2 Å². The number of methoxy groups -OCH3 is 2. The van der Waals surface area contributed by atoms with Gasteiger partial charge in [0, 0.05) is 37.0 Å². The van der Waals surface area contributed by atoms with Crippen molar-refractivity contribution in [3.8, 4) is 11.5 Å². The lowest BCUT2D eigenvalue weighted by Crippen LogP contribution is -2.36. The standard InChI is InChI=1S/C18H22N4O4S/c1-24-14-9-13(10-15(11-14)25-2)19-17(23)12-27-18-4-3-16(20-21-18)22-5-7-26-8-6-22/h3-4,9-11H,5-8,12H2,1-2H3,(H,19,23). The summed E-state index contributed by atoms with van der Waals surface area (Å²) >= 11 is 1.33. The SMILES string of the molecule is COc1cc(NC(=O)CSc2ccc(N3CCOCC3)nn2)cc(OC)c1. The zero-order valence-corrected chi connectivity index (χ0v) is 16.1. The number of nitrogens with zero attached hydrogens (tertiary/aromatic N) is 3. The van der Waals surface area contributed by atoms with E-state index in [1.54, 1.807) is 32.4 Å². The highest BCUT2D eigenvalue weighted by Crippen LogP contribution is 2.26. The van der Waals surface area contributed by atoms with Gasteiger partial charge in [-0.25, -0.2) is 0 Å². The number of rotatable bonds is 7. The number of hydrogen-bond acceptors (Lipinski definition) is 8. The number of morpholine rings is 1. The van der Waals surface area contributed by atoms with Crippen molar-refractivity contribution in [3.63, 3.8) is 0 Å². The molecule has 1 aromatic carbocycles. The first-order valence-corrected chi connectivity index (χ1v) is 9.48. The molecular weight excluding hydrogens is 368 g/mol. The number of amides is 1. The van der Waals surface area contributed by atoms with Crippen molar-refractivity contribution in [2.24, 2.45) is 0 Å². The summed E-state index contributed by atoms with van der Waals surface area (Å²) in [5.41, 5.74) is 0.616. The predicted molar refractivity (Wildman–Crippen MR) is 104 cm³/mol. The van der Waals surface area contributed by atoms with Crippen molar-refractivity contribution in [2.75, 3.05) is 56.5 Å². The Balaban J connectivity index is 1.53. The Labute approximate surface area is 162 Å². The zero-order valence-electron chi connectivity index (χ0n) is 15.3. The van der Waals surface area contributed by atoms with Gasteiger partial charge in [-0.15, -0.1) is 10.2 Å². The van der Waals surface area contributed by atoms with Gasteiger partial charge < -0.3 is 24.4 Å². The fraction of sp³-hybridized carbons (Fsp3) is 0.389. The van der Waals surface area contributed by atoms with Crippen LogP contribution in [0.15, 0.2) is 35.4 Å². The van der Waals surface area contributed by atoms with Gasteiger partial charge in [-0.05, 0) is 12.1 Å². The molecule has 2 aromatic rings. The van der Waals surface area contributed by atoms with Gasteiger partial charge in [0.05, 0.1) is 33.2 Å². The first kappa shape index (κ1) is 19.2. The van der Waals surface area contributed by atoms with Crippen LogP contribution >= 0.6 is 11.8 Å². The summed E-state index contributed by atoms with van der Waals surface area (Å²) in [6.07, 6.45) is 0. The van der Waals surface area contributed by atoms with Gasteiger partial charge >= 0.3 is 0 Å². The Morgan fingerprint density at radius 3 is 2.44 bits per heavy atom. The van der Waals surface area contributed by atoms with Gasteiger partial charge in [0.25, 0.3) is 0 Å². The second-order valence-electron chi connectivity index (χ2n) is 5.77. The number of thioether (sulfide) groups is 1. The highest BCUT2D eigenvalue weighted by atomic mass is 32.2. The number of carbonyl (C=O) groups excluding carboxylic acids is 1. The first-order chi connectivity index (χ1) is 13.2. The Morgan fingerprint density at radius 1 is 1.15 bits per heavy atom. The van der Waals surface area contributed by atoms with Crippen molar-refractivity contribution in [1.29, 1.82) is 0 Å². The van der Waals surface area contributed by atoms with E-state index in [9.17, 15) is 4.79 Å². The maximum absolute atomic E-state index is 12.2. The van der Waals surface area contributed by atoms with E-state index >= 15 is 0 Å². The van der Waals surface area contributed by atoms with E-state index in [0.29, 0.717) is 35.4 Å². The summed E-state index contributed by atoms with van der Waals surface area (Å²) in [4.78, 5) is 14.3. The Hall–Kier alpha value is -2.52. The summed E-state index contributed by atoms with van der Waals surface area (Å²) in [5, 5.41) is 12.0. The molecule has 1 aliphatic rings. The Bertz CT molecular complexity index is 744. The van der Waals surface area contributed by atoms with Crippen molar-refractivity contribution < 1.29 is 19.0 Å². The van der Waals surface area contributed by atoms with Crippen LogP contribution in [-0.2, 0) is 9.53 Å². The molecule has 0 spiro atoms. The van der Waals surface area contributed by atoms with Crippen LogP contribution in [0.25, 0.3) is 0 Å². The third-order valence-corrected chi connectivity index (χ3v) is 4.87. The van der Waals surface area contributed by atoms with E-state index in [1.807, 2.05) is 12.1 Å². The molecule has 1 N–H and O–H groups in total. The molecule has 9 heteroatoms. The number of carbonyl (C=O) groups is 1. The van der Waals surface area contributed by atoms with E-state index in [2.05, 4.69) is 20.4 Å². The Morgan fingerprint density at radius 2 is 1.85 bits per heavy atom. The van der Waals surface area contributed by atoms with E-state index in [-0.39, 0.29) is 11.7 Å². The molecule has 0 radical (unpaired) electrons. The molecule has 8 nitrogen and oxygen atoms in total. The molecule has 0 bridgehead atoms. The van der Waals surface area contributed by atoms with Crippen LogP contribution < -0.4 is 19.7 Å². The molecule has 27 heavy (non-hydrogen) atoms. The number of hydrogen-bond donors (Lipinski definition) is 1. The van der Waals surface area contributed by atoms with Crippen LogP contribution in [-0.4, -0.2) is 62.4 Å². The molecule has 0 atom stereocenters. The highest BCUT2D eigenvalue weighted by molar-refractivity contribution is 7.99. The predicted octanol–water partition coefficient (Wildman–Crippen LogP) is 2.06. The molecule has 3 rings (SSSR count). The minimum absolute atomic E-state index is 0.144. The lowest BCUT2D eigenvalue weighted by Gasteiger charge is -2.27. The molecule has 1 amide bonds. The second-order valence-corrected chi connectivity index (χ2v) is 6.76. The molecule has 0 unspecified atom stereocenters. The molecule has 144 valence electrons. The minimum Gasteiger partial charge on any atom is -0.497 e. The van der Waals surface area contributed by atoms with Gasteiger partial charge in [0.2, 0.25) is 5.91 Å². The molecule has 2 heterocycles. The topological polar surface area (TPSA) is 85.8 Å². The molecule has 1 aromatic heterocycles. The van der Waals surface area contributed by atoms with Crippen LogP contribution in [0, 0.1) is 0 Å². The molecule has 1 fully saturated rings. The van der Waals surface area contributed by atoms with Gasteiger partial charge in [-0.3, -0.25) is 4.79 Å². The number of anilines is 2. The molecular formula is C18H22N4O4S. The van der Waals surface area contributed by atoms with Crippen molar-refractivity contribution in [3.05, 3.63) is 30.3 Å². The maximum Gasteiger partial charge on any atom is 0.234 e. The monoisotopic (exact) mass is 390 g/mol. The second kappa shape index (κ2) is 9.43. The summed E-state index contributed by atoms with van der Waals surface area (Å²) in [5.74, 6) is 2.14. The third kappa shape index (κ3) is 5.48. The van der Waals surface area contributed by atoms with Gasteiger partial charge in [0.1, 0.15) is 16.5 Å². The van der Waals surface area contributed by atoms with Crippen LogP contribution in [0.5, 0.6) is 11.5 Å². The summed E-state index contributed by atoms with van der Waals surface area (Å²) in [6, 6.07) is 9.02. The lowest BCUT2D eigenvalue weighted by atomic mass is 10.2. The smallest absolute Gasteiger partial charge is 0.234 e. The average molecular weight is 390 g/mol. The number of ether oxygens (including phenoxy) is 3. The van der Waals surface area contributed by atoms with Gasteiger partial charge in [-0.1, -0.05) is 11.8 Å². The fourth-order valence-corrected chi connectivity index (χ4v) is 3.18. The molecule has 1 saturated heterocycles. The minimum atomic E-state index is -0.144. The highest BCUT2D eigenvalue weighted by Gasteiger charge is 2.13. The fourth-order valence-electron chi connectivity index (χ4n) is 2.57. The van der Waals surface area contributed by atoms with Crippen molar-refractivity contribution in [1.82, 2.24) is 10.2 Å². The largest absolute Gasteiger partial charge is 0.497 e. The summed E-state index contributed by atoms with van der Waals surface area (Å²) in [7, 11) is 3.13. The lowest BCUT2D eigenvalue weighted by molar-refractivity contribution is -0.113. The summed E-state index contributed by atoms with van der Waals surface area (Å²) < 4.78 is 15.7. The normalized spacial score (nSPS) is 13.9. The number of nitrogens with one attached hydrogen (secondary N) is 1. The Kier molecular flexibility index (Phi) is 6.72. The van der Waals surface area contributed by atoms with E-state index < -0.39 is 0 Å². The summed E-state index contributed by atoms with van der Waals surface area (Å²) in [6.45, 7) is 3.03. The molecule has 1 aliphatic heterocycles. The van der Waals surface area contributed by atoms with Gasteiger partial charge in [-0.2, -0.15) is 0 Å². The quantitative estimate of drug-likeness (QED) is 0.719. The third-order valence-electron chi connectivity index (χ3n) is 3.95. The van der Waals surface area contributed by atoms with E-state index in [1.165, 1.54) is 11.8 Å². The zero-order chi connectivity index (χ0) is 19.1. The van der Waals surface area contributed by atoms with E-state index in [0.717, 1.165) is 18.9 Å². The molecule has 0 aliphatic carbocycles. The van der Waals surface area contributed by atoms with Crippen molar-refractivity contribution in [2.45, 2.75) is 5.03 Å². The van der Waals surface area contributed by atoms with Crippen LogP contribution in [0.3, 0.4) is 0 Å². The van der Waals surface area contributed by atoms with Crippen LogP contribution in [0.1, 0.15) is 0 Å². The first-order valence-electron chi connectivity index (χ1n) is 8.50. The maximum atomic E-state index is 12.2. The molecule has 0 saturated carbocycles. The number of aromatic nitrogens is 2. The van der Waals surface area contributed by atoms with Crippen LogP contribution in [0.4, 0.5) is 11.5 Å². The van der Waals surface area contributed by atoms with Gasteiger partial charge in [0.15, 0.2) is 5.82 Å². The van der Waals surface area contributed by atoms with Crippen LogP contribution in [0.2, 0.25) is 0 Å². The van der Waals surface area contributed by atoms with E-state index in [4.69, 9.17) is 14.2 Å².